The number of likely N-dealkylation sites (tertiary alicyclic amines) is 2. The molecule has 0 radical (unpaired) electrons. The van der Waals surface area contributed by atoms with Crippen LogP contribution in [0, 0.1) is 12.8 Å². The van der Waals surface area contributed by atoms with Gasteiger partial charge in [-0.05, 0) is 87.4 Å². The van der Waals surface area contributed by atoms with Gasteiger partial charge in [-0.2, -0.15) is 0 Å². The molecule has 2 heterocycles. The largest absolute Gasteiger partial charge is 0.490 e. The first-order valence-electron chi connectivity index (χ1n) is 12.5. The molecule has 34 heavy (non-hydrogen) atoms. The van der Waals surface area contributed by atoms with Gasteiger partial charge in [0, 0.05) is 24.7 Å². The Morgan fingerprint density at radius 2 is 1.74 bits per heavy atom. The highest BCUT2D eigenvalue weighted by Gasteiger charge is 2.32. The van der Waals surface area contributed by atoms with Crippen LogP contribution in [0.5, 0.6) is 5.75 Å². The summed E-state index contributed by atoms with van der Waals surface area (Å²) in [6, 6.07) is 15.9. The van der Waals surface area contributed by atoms with E-state index in [-0.39, 0.29) is 18.1 Å². The van der Waals surface area contributed by atoms with Crippen LogP contribution >= 0.6 is 11.6 Å². The summed E-state index contributed by atoms with van der Waals surface area (Å²) in [4.78, 5) is 17.4. The van der Waals surface area contributed by atoms with E-state index in [2.05, 4.69) is 21.9 Å². The summed E-state index contributed by atoms with van der Waals surface area (Å²) in [6.45, 7) is 7.25. The molecule has 2 saturated heterocycles. The van der Waals surface area contributed by atoms with Crippen LogP contribution in [-0.4, -0.2) is 67.7 Å². The van der Waals surface area contributed by atoms with Gasteiger partial charge in [0.2, 0.25) is 0 Å². The second-order valence-electron chi connectivity index (χ2n) is 9.74. The molecule has 2 aromatic rings. The van der Waals surface area contributed by atoms with Crippen molar-refractivity contribution in [2.24, 2.45) is 5.92 Å². The summed E-state index contributed by atoms with van der Waals surface area (Å²) in [5, 5.41) is 0.753. The summed E-state index contributed by atoms with van der Waals surface area (Å²) < 4.78 is 11.4. The van der Waals surface area contributed by atoms with E-state index in [0.29, 0.717) is 12.3 Å². The molecule has 0 saturated carbocycles. The number of esters is 1. The van der Waals surface area contributed by atoms with Gasteiger partial charge in [0.05, 0.1) is 7.11 Å². The Morgan fingerprint density at radius 3 is 2.38 bits per heavy atom. The molecule has 2 fully saturated rings. The predicted molar refractivity (Wildman–Crippen MR) is 137 cm³/mol. The van der Waals surface area contributed by atoms with Gasteiger partial charge >= 0.3 is 5.97 Å². The van der Waals surface area contributed by atoms with Crippen molar-refractivity contribution in [1.82, 2.24) is 9.80 Å². The van der Waals surface area contributed by atoms with Gasteiger partial charge in [-0.15, -0.1) is 0 Å². The molecule has 184 valence electrons. The number of carbonyl (C=O) groups is 1. The van der Waals surface area contributed by atoms with Gasteiger partial charge in [-0.1, -0.05) is 41.9 Å². The molecule has 1 unspecified atom stereocenters. The average Bonchev–Trinajstić information content (AvgIpc) is 2.86. The number of nitrogens with zero attached hydrogens (tertiary/aromatic N) is 2. The molecule has 5 nitrogen and oxygen atoms in total. The molecule has 4 rings (SSSR count). The van der Waals surface area contributed by atoms with Crippen LogP contribution in [0.4, 0.5) is 0 Å². The lowest BCUT2D eigenvalue weighted by molar-refractivity contribution is -0.147. The standard InChI is InChI=1S/C28H37ClN2O3/c1-21-18-24(29)8-9-27(21)34-25-12-14-30(15-13-25)20-23-10-16-31(17-11-23)26(28(32)33-2)19-22-6-4-3-5-7-22/h3-9,18,23,25-26H,10-17,19-20H2,1-2H3. The molecule has 0 aliphatic carbocycles. The van der Waals surface area contributed by atoms with Gasteiger partial charge in [0.25, 0.3) is 0 Å². The molecule has 0 aromatic heterocycles. The minimum atomic E-state index is -0.197. The summed E-state index contributed by atoms with van der Waals surface area (Å²) in [7, 11) is 1.49. The number of ether oxygens (including phenoxy) is 2. The first-order valence-corrected chi connectivity index (χ1v) is 12.9. The number of rotatable bonds is 8. The lowest BCUT2D eigenvalue weighted by Crippen LogP contribution is -2.49. The molecule has 0 spiro atoms. The van der Waals surface area contributed by atoms with Crippen molar-refractivity contribution in [2.45, 2.75) is 51.2 Å². The fourth-order valence-corrected chi connectivity index (χ4v) is 5.51. The SMILES string of the molecule is COC(=O)C(Cc1ccccc1)N1CCC(CN2CCC(Oc3ccc(Cl)cc3C)CC2)CC1. The zero-order valence-corrected chi connectivity index (χ0v) is 21.2. The highest BCUT2D eigenvalue weighted by atomic mass is 35.5. The first-order chi connectivity index (χ1) is 16.5. The Morgan fingerprint density at radius 1 is 1.03 bits per heavy atom. The summed E-state index contributed by atoms with van der Waals surface area (Å²) in [6.07, 6.45) is 5.35. The lowest BCUT2D eigenvalue weighted by atomic mass is 9.93. The van der Waals surface area contributed by atoms with E-state index in [1.54, 1.807) is 0 Å². The maximum absolute atomic E-state index is 12.5. The van der Waals surface area contributed by atoms with Gasteiger partial charge in [0.15, 0.2) is 0 Å². The summed E-state index contributed by atoms with van der Waals surface area (Å²) in [5.74, 6) is 1.51. The topological polar surface area (TPSA) is 42.0 Å². The van der Waals surface area contributed by atoms with E-state index in [9.17, 15) is 4.79 Å². The van der Waals surface area contributed by atoms with Gasteiger partial charge in [-0.3, -0.25) is 9.69 Å². The highest BCUT2D eigenvalue weighted by Crippen LogP contribution is 2.27. The number of halogens is 1. The van der Waals surface area contributed by atoms with Crippen LogP contribution < -0.4 is 4.74 Å². The van der Waals surface area contributed by atoms with Crippen molar-refractivity contribution < 1.29 is 14.3 Å². The number of benzene rings is 2. The van der Waals surface area contributed by atoms with Crippen molar-refractivity contribution in [1.29, 1.82) is 0 Å². The highest BCUT2D eigenvalue weighted by molar-refractivity contribution is 6.30. The Balaban J connectivity index is 1.22. The quantitative estimate of drug-likeness (QED) is 0.494. The number of methoxy groups -OCH3 is 1. The van der Waals surface area contributed by atoms with Crippen LogP contribution in [0.25, 0.3) is 0 Å². The molecule has 0 N–H and O–H groups in total. The van der Waals surface area contributed by atoms with Gasteiger partial charge < -0.3 is 14.4 Å². The third kappa shape index (κ3) is 6.74. The van der Waals surface area contributed by atoms with E-state index in [4.69, 9.17) is 21.1 Å². The van der Waals surface area contributed by atoms with Gasteiger partial charge in [0.1, 0.15) is 17.9 Å². The molecular formula is C28H37ClN2O3. The maximum Gasteiger partial charge on any atom is 0.323 e. The Bertz CT molecular complexity index is 923. The zero-order valence-electron chi connectivity index (χ0n) is 20.4. The Hall–Kier alpha value is -2.08. The monoisotopic (exact) mass is 484 g/mol. The van der Waals surface area contributed by atoms with Crippen LogP contribution in [0.1, 0.15) is 36.8 Å². The normalized spacial score (nSPS) is 19.6. The molecular weight excluding hydrogens is 448 g/mol. The number of aryl methyl sites for hydroxylation is 1. The summed E-state index contributed by atoms with van der Waals surface area (Å²) >= 11 is 6.07. The van der Waals surface area contributed by atoms with Crippen molar-refractivity contribution in [3.8, 4) is 5.75 Å². The molecule has 0 amide bonds. The summed E-state index contributed by atoms with van der Waals surface area (Å²) in [5.41, 5.74) is 2.28. The average molecular weight is 485 g/mol. The van der Waals surface area contributed by atoms with E-state index in [0.717, 1.165) is 74.7 Å². The molecule has 1 atom stereocenters. The smallest absolute Gasteiger partial charge is 0.323 e. The van der Waals surface area contributed by atoms with E-state index >= 15 is 0 Å². The van der Waals surface area contributed by atoms with Crippen LogP contribution in [0.2, 0.25) is 5.02 Å². The minimum Gasteiger partial charge on any atom is -0.490 e. The number of carbonyl (C=O) groups excluding carboxylic acids is 1. The second-order valence-corrected chi connectivity index (χ2v) is 10.2. The maximum atomic E-state index is 12.5. The van der Waals surface area contributed by atoms with E-state index in [1.165, 1.54) is 12.7 Å². The van der Waals surface area contributed by atoms with E-state index in [1.807, 2.05) is 43.3 Å². The minimum absolute atomic E-state index is 0.125. The molecule has 2 aliphatic rings. The van der Waals surface area contributed by atoms with Crippen molar-refractivity contribution >= 4 is 17.6 Å². The Labute approximate surface area is 209 Å². The molecule has 2 aromatic carbocycles. The van der Waals surface area contributed by atoms with Crippen LogP contribution in [-0.2, 0) is 16.0 Å². The number of piperidine rings is 2. The van der Waals surface area contributed by atoms with Gasteiger partial charge in [-0.25, -0.2) is 0 Å². The number of hydrogen-bond acceptors (Lipinski definition) is 5. The van der Waals surface area contributed by atoms with Crippen molar-refractivity contribution in [3.05, 3.63) is 64.7 Å². The second kappa shape index (κ2) is 12.1. The lowest BCUT2D eigenvalue weighted by Gasteiger charge is -2.39. The third-order valence-electron chi connectivity index (χ3n) is 7.32. The fraction of sp³-hybridized carbons (Fsp3) is 0.536. The third-order valence-corrected chi connectivity index (χ3v) is 7.55. The van der Waals surface area contributed by atoms with Crippen LogP contribution in [0.3, 0.4) is 0 Å². The molecule has 6 heteroatoms. The number of hydrogen-bond donors (Lipinski definition) is 0. The van der Waals surface area contributed by atoms with Crippen molar-refractivity contribution in [2.75, 3.05) is 39.8 Å². The fourth-order valence-electron chi connectivity index (χ4n) is 5.28. The Kier molecular flexibility index (Phi) is 8.87. The molecule has 0 bridgehead atoms. The predicted octanol–water partition coefficient (Wildman–Crippen LogP) is 4.99. The van der Waals surface area contributed by atoms with E-state index < -0.39 is 0 Å². The van der Waals surface area contributed by atoms with Crippen molar-refractivity contribution in [3.63, 3.8) is 0 Å². The zero-order chi connectivity index (χ0) is 23.9. The van der Waals surface area contributed by atoms with Crippen LogP contribution in [0.15, 0.2) is 48.5 Å². The molecule has 2 aliphatic heterocycles. The first kappa shape index (κ1) is 25.0.